The number of aryl methyl sites for hydroxylation is 1. The Hall–Kier alpha value is -3.22. The first-order valence-corrected chi connectivity index (χ1v) is 11.1. The number of carbonyl (C=O) groups is 2. The molecule has 1 aliphatic heterocycles. The molecule has 0 N–H and O–H groups in total. The summed E-state index contributed by atoms with van der Waals surface area (Å²) in [6.07, 6.45) is 0.719. The monoisotopic (exact) mass is 440 g/mol. The van der Waals surface area contributed by atoms with Gasteiger partial charge in [0.2, 0.25) is 0 Å². The number of para-hydroxylation sites is 2. The zero-order chi connectivity index (χ0) is 22.9. The Morgan fingerprint density at radius 2 is 1.28 bits per heavy atom. The molecule has 1 saturated heterocycles. The fourth-order valence-electron chi connectivity index (χ4n) is 3.60. The zero-order valence-electron chi connectivity index (χ0n) is 19.1. The summed E-state index contributed by atoms with van der Waals surface area (Å²) in [7, 11) is 0. The lowest BCUT2D eigenvalue weighted by Crippen LogP contribution is -2.40. The van der Waals surface area contributed by atoms with Crippen molar-refractivity contribution in [1.82, 2.24) is 9.80 Å². The minimum absolute atomic E-state index is 0.00440. The quantitative estimate of drug-likeness (QED) is 0.631. The van der Waals surface area contributed by atoms with Crippen LogP contribution in [-0.4, -0.2) is 67.6 Å². The van der Waals surface area contributed by atoms with E-state index in [1.165, 1.54) is 0 Å². The highest BCUT2D eigenvalue weighted by Gasteiger charge is 2.23. The highest BCUT2D eigenvalue weighted by molar-refractivity contribution is 5.79. The molecule has 1 fully saturated rings. The summed E-state index contributed by atoms with van der Waals surface area (Å²) < 4.78 is 17.0. The summed E-state index contributed by atoms with van der Waals surface area (Å²) in [6.45, 7) is 8.52. The SMILES string of the molecule is CCOc1ccccc1OCC(=O)N1CCCN(C(=O)COc2cccc(C)c2C)CC1. The van der Waals surface area contributed by atoms with Crippen LogP contribution >= 0.6 is 0 Å². The third-order valence-corrected chi connectivity index (χ3v) is 5.61. The first-order valence-electron chi connectivity index (χ1n) is 11.1. The molecule has 7 heteroatoms. The van der Waals surface area contributed by atoms with Crippen molar-refractivity contribution in [2.24, 2.45) is 0 Å². The molecule has 0 aliphatic carbocycles. The summed E-state index contributed by atoms with van der Waals surface area (Å²) in [6, 6.07) is 13.1. The molecule has 1 heterocycles. The zero-order valence-corrected chi connectivity index (χ0v) is 19.1. The molecular weight excluding hydrogens is 408 g/mol. The van der Waals surface area contributed by atoms with Crippen LogP contribution in [0.25, 0.3) is 0 Å². The van der Waals surface area contributed by atoms with Crippen molar-refractivity contribution in [2.45, 2.75) is 27.2 Å². The van der Waals surface area contributed by atoms with Gasteiger partial charge in [-0.1, -0.05) is 24.3 Å². The van der Waals surface area contributed by atoms with Crippen LogP contribution in [-0.2, 0) is 9.59 Å². The number of hydrogen-bond acceptors (Lipinski definition) is 5. The summed E-state index contributed by atoms with van der Waals surface area (Å²) in [5.74, 6) is 1.74. The van der Waals surface area contributed by atoms with E-state index in [0.29, 0.717) is 44.3 Å². The van der Waals surface area contributed by atoms with Crippen LogP contribution in [0.2, 0.25) is 0 Å². The predicted molar refractivity (Wildman–Crippen MR) is 122 cm³/mol. The van der Waals surface area contributed by atoms with Crippen LogP contribution in [0.4, 0.5) is 0 Å². The molecule has 2 aromatic carbocycles. The molecule has 2 aromatic rings. The summed E-state index contributed by atoms with van der Waals surface area (Å²) >= 11 is 0. The molecule has 32 heavy (non-hydrogen) atoms. The predicted octanol–water partition coefficient (Wildman–Crippen LogP) is 3.22. The summed E-state index contributed by atoms with van der Waals surface area (Å²) in [4.78, 5) is 28.9. The van der Waals surface area contributed by atoms with Crippen molar-refractivity contribution >= 4 is 11.8 Å². The van der Waals surface area contributed by atoms with Gasteiger partial charge in [-0.15, -0.1) is 0 Å². The van der Waals surface area contributed by atoms with E-state index in [4.69, 9.17) is 14.2 Å². The summed E-state index contributed by atoms with van der Waals surface area (Å²) in [5, 5.41) is 0. The van der Waals surface area contributed by atoms with Crippen molar-refractivity contribution in [2.75, 3.05) is 46.0 Å². The van der Waals surface area contributed by atoms with Gasteiger partial charge in [-0.2, -0.15) is 0 Å². The van der Waals surface area contributed by atoms with Gasteiger partial charge in [0.05, 0.1) is 6.61 Å². The van der Waals surface area contributed by atoms with E-state index in [9.17, 15) is 9.59 Å². The largest absolute Gasteiger partial charge is 0.490 e. The third-order valence-electron chi connectivity index (χ3n) is 5.61. The van der Waals surface area contributed by atoms with Crippen molar-refractivity contribution < 1.29 is 23.8 Å². The van der Waals surface area contributed by atoms with Gasteiger partial charge in [0.1, 0.15) is 5.75 Å². The second-order valence-corrected chi connectivity index (χ2v) is 7.77. The fraction of sp³-hybridized carbons (Fsp3) is 0.440. The minimum Gasteiger partial charge on any atom is -0.490 e. The number of hydrogen-bond donors (Lipinski definition) is 0. The number of rotatable bonds is 8. The molecule has 1 aliphatic rings. The van der Waals surface area contributed by atoms with Crippen LogP contribution in [0.5, 0.6) is 17.2 Å². The second-order valence-electron chi connectivity index (χ2n) is 7.77. The van der Waals surface area contributed by atoms with Crippen molar-refractivity contribution in [3.8, 4) is 17.2 Å². The molecule has 0 saturated carbocycles. The molecule has 0 radical (unpaired) electrons. The van der Waals surface area contributed by atoms with Crippen LogP contribution in [0.15, 0.2) is 42.5 Å². The Balaban J connectivity index is 1.48. The highest BCUT2D eigenvalue weighted by Crippen LogP contribution is 2.26. The van der Waals surface area contributed by atoms with E-state index in [-0.39, 0.29) is 25.0 Å². The molecule has 0 atom stereocenters. The molecule has 172 valence electrons. The lowest BCUT2D eigenvalue weighted by atomic mass is 10.1. The maximum Gasteiger partial charge on any atom is 0.260 e. The van der Waals surface area contributed by atoms with E-state index in [2.05, 4.69) is 0 Å². The first-order chi connectivity index (χ1) is 15.5. The van der Waals surface area contributed by atoms with Crippen molar-refractivity contribution in [1.29, 1.82) is 0 Å². The number of amides is 2. The molecule has 0 unspecified atom stereocenters. The van der Waals surface area contributed by atoms with Gasteiger partial charge in [-0.25, -0.2) is 0 Å². The Morgan fingerprint density at radius 3 is 1.88 bits per heavy atom. The van der Waals surface area contributed by atoms with Gasteiger partial charge in [-0.3, -0.25) is 9.59 Å². The molecule has 2 amide bonds. The first kappa shape index (κ1) is 23.4. The fourth-order valence-corrected chi connectivity index (χ4v) is 3.60. The normalized spacial score (nSPS) is 14.0. The average Bonchev–Trinajstić information content (AvgIpc) is 3.06. The summed E-state index contributed by atoms with van der Waals surface area (Å²) in [5.41, 5.74) is 2.17. The van der Waals surface area contributed by atoms with Gasteiger partial charge >= 0.3 is 0 Å². The average molecular weight is 441 g/mol. The van der Waals surface area contributed by atoms with E-state index >= 15 is 0 Å². The Kier molecular flexibility index (Phi) is 8.36. The molecule has 0 spiro atoms. The van der Waals surface area contributed by atoms with E-state index in [1.54, 1.807) is 15.9 Å². The lowest BCUT2D eigenvalue weighted by molar-refractivity contribution is -0.135. The molecular formula is C25H32N2O5. The van der Waals surface area contributed by atoms with Gasteiger partial charge in [0.25, 0.3) is 11.8 Å². The second kappa shape index (κ2) is 11.4. The Bertz CT molecular complexity index is 930. The number of ether oxygens (including phenoxy) is 3. The lowest BCUT2D eigenvalue weighted by Gasteiger charge is -2.22. The smallest absolute Gasteiger partial charge is 0.260 e. The van der Waals surface area contributed by atoms with Crippen molar-refractivity contribution in [3.05, 3.63) is 53.6 Å². The van der Waals surface area contributed by atoms with E-state index < -0.39 is 0 Å². The highest BCUT2D eigenvalue weighted by atomic mass is 16.5. The molecule has 0 bridgehead atoms. The Morgan fingerprint density at radius 1 is 0.750 bits per heavy atom. The standard InChI is InChI=1S/C25H32N2O5/c1-4-30-22-10-5-6-11-23(22)32-18-25(29)27-14-8-13-26(15-16-27)24(28)17-31-21-12-7-9-19(2)20(21)3/h5-7,9-12H,4,8,13-18H2,1-3H3. The minimum atomic E-state index is -0.0998. The van der Waals surface area contributed by atoms with Crippen molar-refractivity contribution in [3.63, 3.8) is 0 Å². The molecule has 0 aromatic heterocycles. The number of benzene rings is 2. The maximum atomic E-state index is 12.7. The van der Waals surface area contributed by atoms with E-state index in [0.717, 1.165) is 23.3 Å². The van der Waals surface area contributed by atoms with Gasteiger partial charge in [-0.05, 0) is 56.5 Å². The van der Waals surface area contributed by atoms with Crippen LogP contribution in [0.3, 0.4) is 0 Å². The van der Waals surface area contributed by atoms with Gasteiger partial charge in [0.15, 0.2) is 24.7 Å². The van der Waals surface area contributed by atoms with Gasteiger partial charge in [0, 0.05) is 26.2 Å². The third kappa shape index (κ3) is 6.15. The Labute approximate surface area is 189 Å². The topological polar surface area (TPSA) is 68.3 Å². The number of nitrogens with zero attached hydrogens (tertiary/aromatic N) is 2. The van der Waals surface area contributed by atoms with Crippen LogP contribution in [0.1, 0.15) is 24.5 Å². The van der Waals surface area contributed by atoms with Gasteiger partial charge < -0.3 is 24.0 Å². The van der Waals surface area contributed by atoms with Crippen LogP contribution < -0.4 is 14.2 Å². The maximum absolute atomic E-state index is 12.7. The molecule has 3 rings (SSSR count). The number of carbonyl (C=O) groups excluding carboxylic acids is 2. The van der Waals surface area contributed by atoms with Crippen LogP contribution in [0, 0.1) is 13.8 Å². The molecule has 7 nitrogen and oxygen atoms in total. The van der Waals surface area contributed by atoms with E-state index in [1.807, 2.05) is 57.2 Å².